The van der Waals surface area contributed by atoms with E-state index in [-0.39, 0.29) is 13.2 Å². The van der Waals surface area contributed by atoms with E-state index in [1.807, 2.05) is 55.5 Å². The lowest BCUT2D eigenvalue weighted by Crippen LogP contribution is -2.64. The first-order valence-electron chi connectivity index (χ1n) is 9.78. The van der Waals surface area contributed by atoms with Gasteiger partial charge in [0.15, 0.2) is 6.23 Å². The predicted molar refractivity (Wildman–Crippen MR) is 111 cm³/mol. The molecule has 0 saturated carbocycles. The first kappa shape index (κ1) is 22.2. The van der Waals surface area contributed by atoms with Crippen molar-refractivity contribution < 1.29 is 29.2 Å². The Labute approximate surface area is 175 Å². The molecule has 1 fully saturated rings. The highest BCUT2D eigenvalue weighted by Gasteiger charge is 2.45. The number of carbonyl (C=O) groups is 1. The van der Waals surface area contributed by atoms with Crippen LogP contribution in [0.3, 0.4) is 0 Å². The molecule has 1 aliphatic heterocycles. The lowest BCUT2D eigenvalue weighted by Gasteiger charge is -2.42. The molecule has 0 bridgehead atoms. The van der Waals surface area contributed by atoms with Crippen LogP contribution in [0, 0.1) is 6.92 Å². The minimum absolute atomic E-state index is 0.0801. The van der Waals surface area contributed by atoms with Gasteiger partial charge in [0, 0.05) is 12.8 Å². The number of hydrogen-bond acceptors (Lipinski definition) is 6. The van der Waals surface area contributed by atoms with Crippen LogP contribution < -0.4 is 10.6 Å². The summed E-state index contributed by atoms with van der Waals surface area (Å²) in [5.74, 6) is 0. The molecule has 8 nitrogen and oxygen atoms in total. The molecule has 162 valence electrons. The number of methoxy groups -OCH3 is 1. The van der Waals surface area contributed by atoms with Gasteiger partial charge >= 0.3 is 6.03 Å². The van der Waals surface area contributed by atoms with Gasteiger partial charge in [0.2, 0.25) is 0 Å². The first-order chi connectivity index (χ1) is 14.5. The molecular weight excluding hydrogens is 388 g/mol. The third-order valence-electron chi connectivity index (χ3n) is 4.85. The largest absolute Gasteiger partial charge is 0.387 e. The van der Waals surface area contributed by atoms with Crippen LogP contribution in [0.1, 0.15) is 11.1 Å². The molecule has 30 heavy (non-hydrogen) atoms. The molecule has 0 aliphatic carbocycles. The van der Waals surface area contributed by atoms with E-state index >= 15 is 0 Å². The van der Waals surface area contributed by atoms with Crippen molar-refractivity contribution >= 4 is 11.7 Å². The number of amides is 2. The van der Waals surface area contributed by atoms with E-state index in [9.17, 15) is 15.0 Å². The Morgan fingerprint density at radius 2 is 1.87 bits per heavy atom. The SMILES string of the molecule is COC[C@H]1O[C@@H](NC(=O)Nc2cccc(C)c2)[C@H](O)[C@@H](OCc2ccccc2)[C@@H]1O. The maximum atomic E-state index is 12.4. The summed E-state index contributed by atoms with van der Waals surface area (Å²) >= 11 is 0. The van der Waals surface area contributed by atoms with Crippen LogP contribution in [0.15, 0.2) is 54.6 Å². The van der Waals surface area contributed by atoms with Gasteiger partial charge in [-0.2, -0.15) is 0 Å². The number of hydrogen-bond donors (Lipinski definition) is 4. The fraction of sp³-hybridized carbons (Fsp3) is 0.409. The van der Waals surface area contributed by atoms with E-state index in [0.717, 1.165) is 11.1 Å². The fourth-order valence-corrected chi connectivity index (χ4v) is 3.34. The van der Waals surface area contributed by atoms with Gasteiger partial charge in [-0.05, 0) is 30.2 Å². The zero-order valence-electron chi connectivity index (χ0n) is 17.0. The van der Waals surface area contributed by atoms with Crippen molar-refractivity contribution in [3.8, 4) is 0 Å². The molecule has 0 spiro atoms. The minimum atomic E-state index is -1.28. The first-order valence-corrected chi connectivity index (χ1v) is 9.78. The summed E-state index contributed by atoms with van der Waals surface area (Å²) in [6.07, 6.45) is -5.23. The molecule has 1 aliphatic rings. The number of urea groups is 1. The molecule has 5 atom stereocenters. The molecule has 4 N–H and O–H groups in total. The Bertz CT molecular complexity index is 818. The summed E-state index contributed by atoms with van der Waals surface area (Å²) in [5.41, 5.74) is 2.51. The number of ether oxygens (including phenoxy) is 3. The lowest BCUT2D eigenvalue weighted by atomic mass is 9.98. The molecule has 2 amide bonds. The van der Waals surface area contributed by atoms with Gasteiger partial charge in [-0.25, -0.2) is 4.79 Å². The van der Waals surface area contributed by atoms with Gasteiger partial charge in [0.25, 0.3) is 0 Å². The van der Waals surface area contributed by atoms with Gasteiger partial charge in [0.1, 0.15) is 24.4 Å². The zero-order valence-corrected chi connectivity index (χ0v) is 17.0. The quantitative estimate of drug-likeness (QED) is 0.548. The average molecular weight is 416 g/mol. The Hall–Kier alpha value is -2.49. The molecule has 8 heteroatoms. The molecule has 0 aromatic heterocycles. The van der Waals surface area contributed by atoms with Gasteiger partial charge in [0.05, 0.1) is 13.2 Å². The Morgan fingerprint density at radius 3 is 2.57 bits per heavy atom. The summed E-state index contributed by atoms with van der Waals surface area (Å²) < 4.78 is 16.6. The van der Waals surface area contributed by atoms with Crippen LogP contribution in [0.2, 0.25) is 0 Å². The van der Waals surface area contributed by atoms with E-state index in [1.54, 1.807) is 6.07 Å². The topological polar surface area (TPSA) is 109 Å². The average Bonchev–Trinajstić information content (AvgIpc) is 2.72. The zero-order chi connectivity index (χ0) is 21.5. The number of benzene rings is 2. The van der Waals surface area contributed by atoms with Gasteiger partial charge in [-0.15, -0.1) is 0 Å². The lowest BCUT2D eigenvalue weighted by molar-refractivity contribution is -0.249. The second-order valence-electron chi connectivity index (χ2n) is 7.26. The number of anilines is 1. The van der Waals surface area contributed by atoms with Gasteiger partial charge in [-0.1, -0.05) is 42.5 Å². The Kier molecular flexibility index (Phi) is 7.78. The number of aliphatic hydroxyl groups is 2. The van der Waals surface area contributed by atoms with E-state index in [1.165, 1.54) is 7.11 Å². The molecule has 0 radical (unpaired) electrons. The summed E-state index contributed by atoms with van der Waals surface area (Å²) in [6.45, 7) is 2.20. The second kappa shape index (κ2) is 10.5. The van der Waals surface area contributed by atoms with E-state index in [0.29, 0.717) is 5.69 Å². The summed E-state index contributed by atoms with van der Waals surface area (Å²) in [6, 6.07) is 16.2. The Morgan fingerprint density at radius 1 is 1.10 bits per heavy atom. The van der Waals surface area contributed by atoms with E-state index < -0.39 is 36.7 Å². The van der Waals surface area contributed by atoms with Gasteiger partial charge in [-0.3, -0.25) is 0 Å². The number of aryl methyl sites for hydroxylation is 1. The molecule has 2 aromatic rings. The van der Waals surface area contributed by atoms with Crippen LogP contribution in [-0.2, 0) is 20.8 Å². The van der Waals surface area contributed by atoms with Crippen molar-refractivity contribution in [1.29, 1.82) is 0 Å². The van der Waals surface area contributed by atoms with Crippen LogP contribution in [0.4, 0.5) is 10.5 Å². The number of aliphatic hydroxyl groups excluding tert-OH is 2. The van der Waals surface area contributed by atoms with Crippen LogP contribution in [0.5, 0.6) is 0 Å². The van der Waals surface area contributed by atoms with Crippen molar-refractivity contribution in [2.75, 3.05) is 19.0 Å². The molecule has 2 aromatic carbocycles. The number of rotatable bonds is 7. The van der Waals surface area contributed by atoms with Crippen molar-refractivity contribution in [2.45, 2.75) is 44.2 Å². The van der Waals surface area contributed by atoms with Crippen LogP contribution in [0.25, 0.3) is 0 Å². The molecular formula is C22H28N2O6. The third-order valence-corrected chi connectivity index (χ3v) is 4.85. The van der Waals surface area contributed by atoms with Gasteiger partial charge < -0.3 is 35.1 Å². The molecule has 0 unspecified atom stereocenters. The molecule has 1 heterocycles. The number of carbonyl (C=O) groups excluding carboxylic acids is 1. The highest BCUT2D eigenvalue weighted by atomic mass is 16.6. The summed E-state index contributed by atoms with van der Waals surface area (Å²) in [7, 11) is 1.48. The maximum absolute atomic E-state index is 12.4. The van der Waals surface area contributed by atoms with E-state index in [2.05, 4.69) is 10.6 Å². The Balaban J connectivity index is 1.66. The molecule has 1 saturated heterocycles. The van der Waals surface area contributed by atoms with Crippen molar-refractivity contribution in [3.05, 3.63) is 65.7 Å². The third kappa shape index (κ3) is 5.78. The molecule has 3 rings (SSSR count). The highest BCUT2D eigenvalue weighted by Crippen LogP contribution is 2.24. The normalized spacial score (nSPS) is 26.2. The monoisotopic (exact) mass is 416 g/mol. The van der Waals surface area contributed by atoms with Crippen LogP contribution >= 0.6 is 0 Å². The fourth-order valence-electron chi connectivity index (χ4n) is 3.34. The summed E-state index contributed by atoms with van der Waals surface area (Å²) in [4.78, 5) is 12.4. The minimum Gasteiger partial charge on any atom is -0.387 e. The smallest absolute Gasteiger partial charge is 0.321 e. The second-order valence-corrected chi connectivity index (χ2v) is 7.26. The highest BCUT2D eigenvalue weighted by molar-refractivity contribution is 5.89. The maximum Gasteiger partial charge on any atom is 0.321 e. The van der Waals surface area contributed by atoms with Crippen molar-refractivity contribution in [3.63, 3.8) is 0 Å². The van der Waals surface area contributed by atoms with Crippen LogP contribution in [-0.4, -0.2) is 60.6 Å². The van der Waals surface area contributed by atoms with Crippen molar-refractivity contribution in [1.82, 2.24) is 5.32 Å². The number of nitrogens with one attached hydrogen (secondary N) is 2. The predicted octanol–water partition coefficient (Wildman–Crippen LogP) is 1.80. The van der Waals surface area contributed by atoms with Crippen molar-refractivity contribution in [2.24, 2.45) is 0 Å². The standard InChI is InChI=1S/C22H28N2O6/c1-14-7-6-10-16(11-14)23-22(27)24-21-19(26)20(18(25)17(30-21)13-28-2)29-12-15-8-4-3-5-9-15/h3-11,17-21,25-26H,12-13H2,1-2H3,(H2,23,24,27)/t17-,18-,19-,20+,21-/m1/s1. The summed E-state index contributed by atoms with van der Waals surface area (Å²) in [5, 5.41) is 26.6. The van der Waals surface area contributed by atoms with E-state index in [4.69, 9.17) is 14.2 Å².